The van der Waals surface area contributed by atoms with Gasteiger partial charge in [0.25, 0.3) is 5.56 Å². The summed E-state index contributed by atoms with van der Waals surface area (Å²) in [6.07, 6.45) is 0. The molecule has 3 rings (SSSR count). The Labute approximate surface area is 121 Å². The van der Waals surface area contributed by atoms with Crippen LogP contribution < -0.4 is 5.56 Å². The first-order chi connectivity index (χ1) is 8.66. The van der Waals surface area contributed by atoms with Crippen molar-refractivity contribution in [1.82, 2.24) is 8.33 Å². The van der Waals surface area contributed by atoms with Gasteiger partial charge < -0.3 is 0 Å². The summed E-state index contributed by atoms with van der Waals surface area (Å²) in [5, 5.41) is 1.46. The molecule has 0 N–H and O–H groups in total. The Hall–Kier alpha value is -0.880. The Kier molecular flexibility index (Phi) is 3.15. The standard InChI is InChI=1S/C11H6Cl2N2OS2/c12-9-8(17-14-10(9)13)5-15-11(16)6-3-1-2-4-7(6)18-15/h1-4H,5H2. The maximum atomic E-state index is 12.1. The SMILES string of the molecule is O=c1c2ccccc2sn1Cc1snc(Cl)c1Cl. The van der Waals surface area contributed by atoms with E-state index in [0.29, 0.717) is 16.7 Å². The highest BCUT2D eigenvalue weighted by atomic mass is 35.5. The number of fused-ring (bicyclic) bond motifs is 1. The number of halogens is 2. The number of hydrogen-bond acceptors (Lipinski definition) is 4. The van der Waals surface area contributed by atoms with Gasteiger partial charge in [0.1, 0.15) is 0 Å². The molecule has 0 bridgehead atoms. The number of rotatable bonds is 2. The normalized spacial score (nSPS) is 11.2. The maximum Gasteiger partial charge on any atom is 0.268 e. The third kappa shape index (κ3) is 1.97. The first-order valence-electron chi connectivity index (χ1n) is 5.05. The van der Waals surface area contributed by atoms with E-state index in [1.54, 1.807) is 3.96 Å². The quantitative estimate of drug-likeness (QED) is 0.719. The van der Waals surface area contributed by atoms with E-state index in [1.165, 1.54) is 23.1 Å². The molecule has 0 unspecified atom stereocenters. The molecular weight excluding hydrogens is 311 g/mol. The molecule has 0 radical (unpaired) electrons. The average Bonchev–Trinajstić information content (AvgIpc) is 2.86. The number of nitrogens with zero attached hydrogens (tertiary/aromatic N) is 2. The fraction of sp³-hybridized carbons (Fsp3) is 0.0909. The van der Waals surface area contributed by atoms with Crippen LogP contribution in [0.15, 0.2) is 29.1 Å². The molecule has 18 heavy (non-hydrogen) atoms. The predicted octanol–water partition coefficient (Wildman–Crippen LogP) is 3.87. The van der Waals surface area contributed by atoms with E-state index >= 15 is 0 Å². The summed E-state index contributed by atoms with van der Waals surface area (Å²) < 4.78 is 6.59. The van der Waals surface area contributed by atoms with Gasteiger partial charge in [-0.3, -0.25) is 8.75 Å². The van der Waals surface area contributed by atoms with Gasteiger partial charge in [0.15, 0.2) is 5.15 Å². The van der Waals surface area contributed by atoms with Crippen molar-refractivity contribution in [3.8, 4) is 0 Å². The summed E-state index contributed by atoms with van der Waals surface area (Å²) in [5.74, 6) is 0. The maximum absolute atomic E-state index is 12.1. The van der Waals surface area contributed by atoms with Gasteiger partial charge in [-0.15, -0.1) is 0 Å². The fourth-order valence-electron chi connectivity index (χ4n) is 1.64. The summed E-state index contributed by atoms with van der Waals surface area (Å²) in [6.45, 7) is 0.418. The molecule has 7 heteroatoms. The molecule has 1 aromatic carbocycles. The lowest BCUT2D eigenvalue weighted by Gasteiger charge is -1.96. The molecule has 3 aromatic rings. The topological polar surface area (TPSA) is 34.9 Å². The number of aromatic nitrogens is 2. The van der Waals surface area contributed by atoms with Gasteiger partial charge in [-0.05, 0) is 23.7 Å². The van der Waals surface area contributed by atoms with Crippen molar-refractivity contribution in [3.05, 3.63) is 49.7 Å². The Morgan fingerprint density at radius 3 is 2.72 bits per heavy atom. The Bertz CT molecular complexity index is 775. The second-order valence-electron chi connectivity index (χ2n) is 3.64. The van der Waals surface area contributed by atoms with Crippen molar-refractivity contribution < 1.29 is 0 Å². The van der Waals surface area contributed by atoms with Crippen molar-refractivity contribution in [2.45, 2.75) is 6.54 Å². The van der Waals surface area contributed by atoms with Gasteiger partial charge in [0, 0.05) is 0 Å². The zero-order valence-electron chi connectivity index (χ0n) is 8.89. The van der Waals surface area contributed by atoms with E-state index in [2.05, 4.69) is 4.37 Å². The summed E-state index contributed by atoms with van der Waals surface area (Å²) in [4.78, 5) is 12.9. The van der Waals surface area contributed by atoms with Crippen LogP contribution >= 0.6 is 46.3 Å². The highest BCUT2D eigenvalue weighted by molar-refractivity contribution is 7.14. The first-order valence-corrected chi connectivity index (χ1v) is 7.35. The van der Waals surface area contributed by atoms with Crippen LogP contribution in [-0.4, -0.2) is 8.33 Å². The zero-order chi connectivity index (χ0) is 12.7. The van der Waals surface area contributed by atoms with Crippen LogP contribution in [0.1, 0.15) is 4.88 Å². The lowest BCUT2D eigenvalue weighted by atomic mass is 10.3. The number of hydrogen-bond donors (Lipinski definition) is 0. The van der Waals surface area contributed by atoms with Crippen LogP contribution in [0.5, 0.6) is 0 Å². The third-order valence-corrected chi connectivity index (χ3v) is 5.39. The van der Waals surface area contributed by atoms with Crippen molar-refractivity contribution in [1.29, 1.82) is 0 Å². The Morgan fingerprint density at radius 1 is 1.28 bits per heavy atom. The molecule has 0 saturated carbocycles. The molecule has 3 nitrogen and oxygen atoms in total. The van der Waals surface area contributed by atoms with Crippen LogP contribution in [-0.2, 0) is 6.54 Å². The van der Waals surface area contributed by atoms with Gasteiger partial charge in [0.2, 0.25) is 0 Å². The lowest BCUT2D eigenvalue weighted by Crippen LogP contribution is -2.13. The van der Waals surface area contributed by atoms with Gasteiger partial charge in [-0.1, -0.05) is 46.9 Å². The molecule has 0 spiro atoms. The minimum atomic E-state index is -0.00353. The smallest absolute Gasteiger partial charge is 0.268 e. The lowest BCUT2D eigenvalue weighted by molar-refractivity contribution is 0.870. The minimum absolute atomic E-state index is 0.00353. The second-order valence-corrected chi connectivity index (χ2v) is 6.30. The molecule has 92 valence electrons. The highest BCUT2D eigenvalue weighted by Gasteiger charge is 2.13. The molecule has 2 heterocycles. The predicted molar refractivity (Wildman–Crippen MR) is 77.3 cm³/mol. The Balaban J connectivity index is 2.08. The Morgan fingerprint density at radius 2 is 2.06 bits per heavy atom. The van der Waals surface area contributed by atoms with Crippen molar-refractivity contribution in [2.75, 3.05) is 0 Å². The van der Waals surface area contributed by atoms with E-state index in [1.807, 2.05) is 24.3 Å². The van der Waals surface area contributed by atoms with Gasteiger partial charge in [0.05, 0.1) is 26.5 Å². The molecule has 0 atom stereocenters. The van der Waals surface area contributed by atoms with Crippen molar-refractivity contribution in [2.24, 2.45) is 0 Å². The van der Waals surface area contributed by atoms with E-state index < -0.39 is 0 Å². The summed E-state index contributed by atoms with van der Waals surface area (Å²) in [7, 11) is 0. The molecule has 0 aliphatic heterocycles. The summed E-state index contributed by atoms with van der Waals surface area (Å²) in [6, 6.07) is 7.53. The van der Waals surface area contributed by atoms with Crippen LogP contribution in [0, 0.1) is 0 Å². The van der Waals surface area contributed by atoms with Gasteiger partial charge in [-0.2, -0.15) is 4.37 Å². The van der Waals surface area contributed by atoms with Crippen LogP contribution in [0.4, 0.5) is 0 Å². The van der Waals surface area contributed by atoms with E-state index in [-0.39, 0.29) is 5.56 Å². The molecule has 0 saturated heterocycles. The van der Waals surface area contributed by atoms with E-state index in [4.69, 9.17) is 23.2 Å². The van der Waals surface area contributed by atoms with Crippen LogP contribution in [0.2, 0.25) is 10.2 Å². The van der Waals surface area contributed by atoms with Crippen LogP contribution in [0.3, 0.4) is 0 Å². The first kappa shape index (κ1) is 12.2. The molecule has 0 aliphatic rings. The third-order valence-electron chi connectivity index (χ3n) is 2.50. The van der Waals surface area contributed by atoms with Crippen molar-refractivity contribution >= 4 is 56.4 Å². The second kappa shape index (κ2) is 4.66. The summed E-state index contributed by atoms with van der Waals surface area (Å²) in [5.41, 5.74) is -0.00353. The zero-order valence-corrected chi connectivity index (χ0v) is 12.0. The fourth-order valence-corrected chi connectivity index (χ4v) is 3.90. The van der Waals surface area contributed by atoms with Crippen molar-refractivity contribution in [3.63, 3.8) is 0 Å². The van der Waals surface area contributed by atoms with Gasteiger partial charge in [-0.25, -0.2) is 0 Å². The molecule has 0 fully saturated rings. The van der Waals surface area contributed by atoms with Gasteiger partial charge >= 0.3 is 0 Å². The highest BCUT2D eigenvalue weighted by Crippen LogP contribution is 2.29. The minimum Gasteiger partial charge on any atom is -0.268 e. The largest absolute Gasteiger partial charge is 0.268 e. The average molecular weight is 317 g/mol. The molecule has 0 amide bonds. The monoisotopic (exact) mass is 316 g/mol. The summed E-state index contributed by atoms with van der Waals surface area (Å²) >= 11 is 14.5. The van der Waals surface area contributed by atoms with E-state index in [9.17, 15) is 4.79 Å². The molecular formula is C11H6Cl2N2OS2. The van der Waals surface area contributed by atoms with E-state index in [0.717, 1.165) is 15.0 Å². The molecule has 2 aromatic heterocycles. The van der Waals surface area contributed by atoms with Crippen LogP contribution in [0.25, 0.3) is 10.1 Å². The number of benzene rings is 1. The molecule has 0 aliphatic carbocycles.